The monoisotopic (exact) mass is 289 g/mol. The predicted molar refractivity (Wildman–Crippen MR) is 72.0 cm³/mol. The van der Waals surface area contributed by atoms with E-state index in [-0.39, 0.29) is 5.75 Å². The SMILES string of the molecule is CCc1nnsc1C(=O)Oc1ccc(C#N)cc1OC. The lowest BCUT2D eigenvalue weighted by atomic mass is 10.2. The number of carbonyl (C=O) groups excluding carboxylic acids is 1. The maximum Gasteiger partial charge on any atom is 0.357 e. The number of hydrogen-bond donors (Lipinski definition) is 0. The number of benzene rings is 1. The van der Waals surface area contributed by atoms with Gasteiger partial charge in [0.25, 0.3) is 0 Å². The van der Waals surface area contributed by atoms with Gasteiger partial charge in [0.15, 0.2) is 16.4 Å². The molecule has 0 saturated carbocycles. The van der Waals surface area contributed by atoms with Crippen molar-refractivity contribution in [1.82, 2.24) is 9.59 Å². The summed E-state index contributed by atoms with van der Waals surface area (Å²) in [4.78, 5) is 12.4. The minimum absolute atomic E-state index is 0.256. The molecule has 6 nitrogen and oxygen atoms in total. The normalized spacial score (nSPS) is 9.85. The van der Waals surface area contributed by atoms with Crippen molar-refractivity contribution in [2.75, 3.05) is 7.11 Å². The van der Waals surface area contributed by atoms with Gasteiger partial charge in [0.05, 0.1) is 24.4 Å². The fourth-order valence-corrected chi connectivity index (χ4v) is 2.19. The van der Waals surface area contributed by atoms with E-state index < -0.39 is 5.97 Å². The van der Waals surface area contributed by atoms with Crippen LogP contribution in [-0.4, -0.2) is 22.7 Å². The van der Waals surface area contributed by atoms with Crippen LogP contribution in [0.2, 0.25) is 0 Å². The van der Waals surface area contributed by atoms with Gasteiger partial charge in [-0.05, 0) is 30.1 Å². The highest BCUT2D eigenvalue weighted by molar-refractivity contribution is 7.07. The Balaban J connectivity index is 2.26. The van der Waals surface area contributed by atoms with Crippen molar-refractivity contribution in [2.45, 2.75) is 13.3 Å². The summed E-state index contributed by atoms with van der Waals surface area (Å²) in [5, 5.41) is 12.7. The summed E-state index contributed by atoms with van der Waals surface area (Å²) in [6.07, 6.45) is 0.603. The van der Waals surface area contributed by atoms with Crippen LogP contribution in [0.5, 0.6) is 11.5 Å². The minimum Gasteiger partial charge on any atom is -0.493 e. The summed E-state index contributed by atoms with van der Waals surface area (Å²) < 4.78 is 14.1. The largest absolute Gasteiger partial charge is 0.493 e. The second-order valence-electron chi connectivity index (χ2n) is 3.77. The zero-order valence-electron chi connectivity index (χ0n) is 10.9. The number of nitriles is 1. The van der Waals surface area contributed by atoms with Gasteiger partial charge in [0, 0.05) is 6.07 Å². The summed E-state index contributed by atoms with van der Waals surface area (Å²) in [6.45, 7) is 1.88. The topological polar surface area (TPSA) is 85.1 Å². The van der Waals surface area contributed by atoms with E-state index in [0.717, 1.165) is 11.5 Å². The third kappa shape index (κ3) is 2.75. The van der Waals surface area contributed by atoms with E-state index >= 15 is 0 Å². The molecule has 0 radical (unpaired) electrons. The van der Waals surface area contributed by atoms with E-state index in [1.165, 1.54) is 19.2 Å². The van der Waals surface area contributed by atoms with Gasteiger partial charge in [0.1, 0.15) is 0 Å². The summed E-state index contributed by atoms with van der Waals surface area (Å²) in [6, 6.07) is 6.57. The van der Waals surface area contributed by atoms with Crippen LogP contribution in [0.4, 0.5) is 0 Å². The van der Waals surface area contributed by atoms with Gasteiger partial charge in [-0.1, -0.05) is 11.4 Å². The Kier molecular flexibility index (Phi) is 4.27. The molecule has 102 valence electrons. The molecule has 0 N–H and O–H groups in total. The maximum atomic E-state index is 12.1. The molecule has 7 heteroatoms. The van der Waals surface area contributed by atoms with E-state index in [4.69, 9.17) is 14.7 Å². The van der Waals surface area contributed by atoms with E-state index in [0.29, 0.717) is 28.3 Å². The molecule has 0 aliphatic carbocycles. The first kappa shape index (κ1) is 14.0. The van der Waals surface area contributed by atoms with Crippen LogP contribution in [0.25, 0.3) is 0 Å². The lowest BCUT2D eigenvalue weighted by Gasteiger charge is -2.08. The second-order valence-corrected chi connectivity index (χ2v) is 4.52. The average molecular weight is 289 g/mol. The van der Waals surface area contributed by atoms with E-state index in [9.17, 15) is 4.79 Å². The molecule has 2 aromatic rings. The summed E-state index contributed by atoms with van der Waals surface area (Å²) in [5.41, 5.74) is 1.03. The molecule has 0 bridgehead atoms. The van der Waals surface area contributed by atoms with Crippen LogP contribution in [0, 0.1) is 11.3 Å². The van der Waals surface area contributed by atoms with Crippen LogP contribution in [0.3, 0.4) is 0 Å². The van der Waals surface area contributed by atoms with Gasteiger partial charge in [0.2, 0.25) is 0 Å². The number of carbonyl (C=O) groups is 1. The van der Waals surface area contributed by atoms with Gasteiger partial charge >= 0.3 is 5.97 Å². The Hall–Kier alpha value is -2.46. The highest BCUT2D eigenvalue weighted by atomic mass is 32.1. The first-order valence-corrected chi connectivity index (χ1v) is 6.58. The molecule has 0 aliphatic rings. The van der Waals surface area contributed by atoms with Crippen LogP contribution >= 0.6 is 11.5 Å². The number of ether oxygens (including phenoxy) is 2. The van der Waals surface area contributed by atoms with Crippen LogP contribution in [-0.2, 0) is 6.42 Å². The number of methoxy groups -OCH3 is 1. The molecule has 20 heavy (non-hydrogen) atoms. The smallest absolute Gasteiger partial charge is 0.357 e. The zero-order chi connectivity index (χ0) is 14.5. The molecule has 2 rings (SSSR count). The maximum absolute atomic E-state index is 12.1. The molecule has 0 unspecified atom stereocenters. The number of hydrogen-bond acceptors (Lipinski definition) is 7. The highest BCUT2D eigenvalue weighted by Gasteiger charge is 2.19. The Morgan fingerprint density at radius 1 is 1.45 bits per heavy atom. The van der Waals surface area contributed by atoms with Crippen LogP contribution < -0.4 is 9.47 Å². The number of aryl methyl sites for hydroxylation is 1. The van der Waals surface area contributed by atoms with Crippen molar-refractivity contribution >= 4 is 17.5 Å². The Bertz CT molecular complexity index is 676. The molecule has 0 saturated heterocycles. The van der Waals surface area contributed by atoms with Crippen molar-refractivity contribution in [2.24, 2.45) is 0 Å². The molecule has 1 heterocycles. The molecule has 0 atom stereocenters. The molecule has 0 amide bonds. The molecule has 1 aromatic carbocycles. The predicted octanol–water partition coefficient (Wildman–Crippen LogP) is 2.20. The minimum atomic E-state index is -0.528. The Morgan fingerprint density at radius 3 is 2.90 bits per heavy atom. The number of nitrogens with zero attached hydrogens (tertiary/aromatic N) is 3. The first-order chi connectivity index (χ1) is 9.69. The lowest BCUT2D eigenvalue weighted by Crippen LogP contribution is -2.10. The van der Waals surface area contributed by atoms with Crippen LogP contribution in [0.1, 0.15) is 27.9 Å². The summed E-state index contributed by atoms with van der Waals surface area (Å²) >= 11 is 0.994. The highest BCUT2D eigenvalue weighted by Crippen LogP contribution is 2.29. The molecule has 0 fully saturated rings. The first-order valence-electron chi connectivity index (χ1n) is 5.81. The van der Waals surface area contributed by atoms with Gasteiger partial charge in [-0.25, -0.2) is 4.79 Å². The van der Waals surface area contributed by atoms with Crippen LogP contribution in [0.15, 0.2) is 18.2 Å². The van der Waals surface area contributed by atoms with Crippen molar-refractivity contribution in [3.8, 4) is 17.6 Å². The third-order valence-corrected chi connectivity index (χ3v) is 3.32. The molecular weight excluding hydrogens is 278 g/mol. The number of rotatable bonds is 4. The molecule has 0 spiro atoms. The number of aromatic nitrogens is 2. The van der Waals surface area contributed by atoms with E-state index in [1.54, 1.807) is 6.07 Å². The van der Waals surface area contributed by atoms with E-state index in [1.807, 2.05) is 13.0 Å². The third-order valence-electron chi connectivity index (χ3n) is 2.57. The Morgan fingerprint density at radius 2 is 2.25 bits per heavy atom. The molecule has 0 aliphatic heterocycles. The van der Waals surface area contributed by atoms with Gasteiger partial charge in [-0.15, -0.1) is 5.10 Å². The van der Waals surface area contributed by atoms with Crippen molar-refractivity contribution in [3.05, 3.63) is 34.3 Å². The summed E-state index contributed by atoms with van der Waals surface area (Å²) in [7, 11) is 1.44. The average Bonchev–Trinajstić information content (AvgIpc) is 2.96. The molecule has 1 aromatic heterocycles. The molecular formula is C13H11N3O3S. The second kappa shape index (κ2) is 6.12. The van der Waals surface area contributed by atoms with Gasteiger partial charge in [-0.3, -0.25) is 0 Å². The van der Waals surface area contributed by atoms with Crippen molar-refractivity contribution < 1.29 is 14.3 Å². The van der Waals surface area contributed by atoms with Crippen molar-refractivity contribution in [1.29, 1.82) is 5.26 Å². The lowest BCUT2D eigenvalue weighted by molar-refractivity contribution is 0.0733. The Labute approximate surface area is 119 Å². The summed E-state index contributed by atoms with van der Waals surface area (Å²) in [5.74, 6) is 0.0553. The van der Waals surface area contributed by atoms with Gasteiger partial charge in [-0.2, -0.15) is 5.26 Å². The number of esters is 1. The van der Waals surface area contributed by atoms with Crippen molar-refractivity contribution in [3.63, 3.8) is 0 Å². The van der Waals surface area contributed by atoms with Gasteiger partial charge < -0.3 is 9.47 Å². The quantitative estimate of drug-likeness (QED) is 0.633. The fourth-order valence-electron chi connectivity index (χ4n) is 1.56. The standard InChI is InChI=1S/C13H11N3O3S/c1-3-9-12(20-16-15-9)13(17)19-10-5-4-8(7-14)6-11(10)18-2/h4-6H,3H2,1-2H3. The zero-order valence-corrected chi connectivity index (χ0v) is 11.7. The van der Waals surface area contributed by atoms with E-state index in [2.05, 4.69) is 9.59 Å². The fraction of sp³-hybridized carbons (Fsp3) is 0.231.